The number of nitrogens with one attached hydrogen (secondary N) is 1. The molecule has 5 nitrogen and oxygen atoms in total. The second-order valence-electron chi connectivity index (χ2n) is 4.82. The lowest BCUT2D eigenvalue weighted by molar-refractivity contribution is -0.130. The van der Waals surface area contributed by atoms with Gasteiger partial charge in [0.25, 0.3) is 0 Å². The van der Waals surface area contributed by atoms with Crippen LogP contribution in [0.2, 0.25) is 0 Å². The first-order valence-electron chi connectivity index (χ1n) is 5.73. The van der Waals surface area contributed by atoms with E-state index in [1.54, 1.807) is 18.2 Å². The number of nitrogens with zero attached hydrogens (tertiary/aromatic N) is 1. The van der Waals surface area contributed by atoms with Gasteiger partial charge in [0.05, 0.1) is 12.1 Å². The number of carbonyl (C=O) groups excluding carboxylic acids is 2. The van der Waals surface area contributed by atoms with Crippen LogP contribution in [-0.2, 0) is 9.53 Å². The van der Waals surface area contributed by atoms with Crippen LogP contribution < -0.4 is 5.32 Å². The second kappa shape index (κ2) is 6.26. The maximum atomic E-state index is 11.6. The van der Waals surface area contributed by atoms with Gasteiger partial charge in [-0.2, -0.15) is 0 Å². The van der Waals surface area contributed by atoms with Crippen molar-refractivity contribution in [3.63, 3.8) is 0 Å². The quantitative estimate of drug-likeness (QED) is 0.797. The Morgan fingerprint density at radius 3 is 2.61 bits per heavy atom. The fraction of sp³-hybridized carbons (Fsp3) is 0.462. The summed E-state index contributed by atoms with van der Waals surface area (Å²) in [6.45, 7) is 5.46. The van der Waals surface area contributed by atoms with E-state index < -0.39 is 0 Å². The van der Waals surface area contributed by atoms with Crippen molar-refractivity contribution in [1.82, 2.24) is 10.3 Å². The minimum absolute atomic E-state index is 0.0565. The highest BCUT2D eigenvalue weighted by atomic mass is 16.5. The molecule has 0 aliphatic carbocycles. The highest BCUT2D eigenvalue weighted by Crippen LogP contribution is 2.05. The van der Waals surface area contributed by atoms with Crippen LogP contribution in [0.15, 0.2) is 24.4 Å². The smallest absolute Gasteiger partial charge is 0.246 e. The van der Waals surface area contributed by atoms with E-state index in [9.17, 15) is 9.59 Å². The summed E-state index contributed by atoms with van der Waals surface area (Å²) < 4.78 is 5.29. The van der Waals surface area contributed by atoms with Gasteiger partial charge in [0, 0.05) is 6.20 Å². The lowest BCUT2D eigenvalue weighted by Crippen LogP contribution is -2.35. The van der Waals surface area contributed by atoms with E-state index >= 15 is 0 Å². The first kappa shape index (κ1) is 14.3. The topological polar surface area (TPSA) is 68.3 Å². The molecule has 0 unspecified atom stereocenters. The molecule has 0 bridgehead atoms. The van der Waals surface area contributed by atoms with Gasteiger partial charge in [-0.25, -0.2) is 0 Å². The van der Waals surface area contributed by atoms with Crippen molar-refractivity contribution in [1.29, 1.82) is 0 Å². The van der Waals surface area contributed by atoms with Gasteiger partial charge >= 0.3 is 0 Å². The van der Waals surface area contributed by atoms with E-state index in [-0.39, 0.29) is 30.4 Å². The van der Waals surface area contributed by atoms with Crippen molar-refractivity contribution in [3.8, 4) is 0 Å². The molecular formula is C13H18N2O3. The fourth-order valence-corrected chi connectivity index (χ4v) is 1.13. The summed E-state index contributed by atoms with van der Waals surface area (Å²) in [4.78, 5) is 27.0. The number of hydrogen-bond acceptors (Lipinski definition) is 4. The van der Waals surface area contributed by atoms with Gasteiger partial charge in [-0.15, -0.1) is 0 Å². The van der Waals surface area contributed by atoms with Crippen LogP contribution in [0.5, 0.6) is 0 Å². The van der Waals surface area contributed by atoms with E-state index in [4.69, 9.17) is 4.74 Å². The number of hydrogen-bond donors (Lipinski definition) is 1. The maximum absolute atomic E-state index is 11.6. The van der Waals surface area contributed by atoms with Crippen LogP contribution in [0.3, 0.4) is 0 Å². The number of aromatic nitrogens is 1. The number of Topliss-reactive ketones (excluding diaryl/α,β-unsaturated/α-hetero) is 1. The van der Waals surface area contributed by atoms with Crippen LogP contribution in [0.1, 0.15) is 31.3 Å². The van der Waals surface area contributed by atoms with E-state index in [0.717, 1.165) is 0 Å². The summed E-state index contributed by atoms with van der Waals surface area (Å²) in [6.07, 6.45) is 1.54. The van der Waals surface area contributed by atoms with Gasteiger partial charge in [0.15, 0.2) is 5.78 Å². The van der Waals surface area contributed by atoms with Gasteiger partial charge in [0.2, 0.25) is 5.91 Å². The molecule has 0 saturated heterocycles. The summed E-state index contributed by atoms with van der Waals surface area (Å²) in [7, 11) is 0. The van der Waals surface area contributed by atoms with Gasteiger partial charge in [-0.05, 0) is 32.9 Å². The molecule has 1 rings (SSSR count). The molecule has 1 amide bonds. The summed E-state index contributed by atoms with van der Waals surface area (Å²) in [5.41, 5.74) is -0.0305. The molecule has 0 radical (unpaired) electrons. The lowest BCUT2D eigenvalue weighted by atomic mass is 10.2. The average Bonchev–Trinajstić information content (AvgIpc) is 2.33. The number of rotatable bonds is 5. The van der Waals surface area contributed by atoms with Crippen LogP contribution in [0.25, 0.3) is 0 Å². The largest absolute Gasteiger partial charge is 0.366 e. The molecule has 0 aliphatic rings. The monoisotopic (exact) mass is 250 g/mol. The van der Waals surface area contributed by atoms with Gasteiger partial charge < -0.3 is 10.1 Å². The first-order valence-corrected chi connectivity index (χ1v) is 5.73. The zero-order chi connectivity index (χ0) is 13.6. The molecule has 5 heteroatoms. The Morgan fingerprint density at radius 1 is 1.33 bits per heavy atom. The molecule has 1 aromatic rings. The van der Waals surface area contributed by atoms with Crippen molar-refractivity contribution in [2.24, 2.45) is 0 Å². The Morgan fingerprint density at radius 2 is 2.06 bits per heavy atom. The van der Waals surface area contributed by atoms with Crippen LogP contribution in [-0.4, -0.2) is 35.4 Å². The van der Waals surface area contributed by atoms with Crippen molar-refractivity contribution in [2.45, 2.75) is 26.4 Å². The number of ketones is 1. The molecule has 0 fully saturated rings. The van der Waals surface area contributed by atoms with E-state index in [1.165, 1.54) is 6.20 Å². The van der Waals surface area contributed by atoms with Crippen molar-refractivity contribution in [3.05, 3.63) is 30.1 Å². The molecule has 0 aromatic carbocycles. The van der Waals surface area contributed by atoms with Crippen molar-refractivity contribution >= 4 is 11.7 Å². The normalized spacial score (nSPS) is 11.1. The molecule has 1 N–H and O–H groups in total. The predicted octanol–water partition coefficient (Wildman–Crippen LogP) is 1.20. The molecule has 0 atom stereocenters. The summed E-state index contributed by atoms with van der Waals surface area (Å²) in [5, 5.41) is 2.50. The number of amides is 1. The van der Waals surface area contributed by atoms with Crippen LogP contribution >= 0.6 is 0 Å². The lowest BCUT2D eigenvalue weighted by Gasteiger charge is -2.18. The SMILES string of the molecule is CC(C)(C)OCC(=O)NCC(=O)c1ccccn1. The highest BCUT2D eigenvalue weighted by molar-refractivity contribution is 5.97. The summed E-state index contributed by atoms with van der Waals surface area (Å²) in [6, 6.07) is 5.07. The number of ether oxygens (including phenoxy) is 1. The summed E-state index contributed by atoms with van der Waals surface area (Å²) >= 11 is 0. The molecule has 0 aliphatic heterocycles. The minimum atomic E-state index is -0.373. The molecule has 18 heavy (non-hydrogen) atoms. The Kier molecular flexibility index (Phi) is 4.97. The number of pyridine rings is 1. The standard InChI is InChI=1S/C13H18N2O3/c1-13(2,3)18-9-12(17)15-8-11(16)10-6-4-5-7-14-10/h4-7H,8-9H2,1-3H3,(H,15,17). The van der Waals surface area contributed by atoms with E-state index in [0.29, 0.717) is 5.69 Å². The predicted molar refractivity (Wildman–Crippen MR) is 67.3 cm³/mol. The molecule has 1 aromatic heterocycles. The zero-order valence-electron chi connectivity index (χ0n) is 10.9. The number of carbonyl (C=O) groups is 2. The van der Waals surface area contributed by atoms with Crippen molar-refractivity contribution in [2.75, 3.05) is 13.2 Å². The third kappa shape index (κ3) is 5.54. The first-order chi connectivity index (χ1) is 8.38. The Bertz CT molecular complexity index is 410. The van der Waals surface area contributed by atoms with E-state index in [1.807, 2.05) is 20.8 Å². The molecule has 1 heterocycles. The molecule has 0 spiro atoms. The minimum Gasteiger partial charge on any atom is -0.366 e. The second-order valence-corrected chi connectivity index (χ2v) is 4.82. The fourth-order valence-electron chi connectivity index (χ4n) is 1.13. The third-order valence-corrected chi connectivity index (χ3v) is 2.03. The van der Waals surface area contributed by atoms with E-state index in [2.05, 4.69) is 10.3 Å². The zero-order valence-corrected chi connectivity index (χ0v) is 10.9. The molecule has 0 saturated carbocycles. The van der Waals surface area contributed by atoms with Crippen LogP contribution in [0.4, 0.5) is 0 Å². The Balaban J connectivity index is 2.33. The Labute approximate surface area is 107 Å². The molecule has 98 valence electrons. The highest BCUT2D eigenvalue weighted by Gasteiger charge is 2.14. The van der Waals surface area contributed by atoms with Gasteiger partial charge in [0.1, 0.15) is 12.3 Å². The average molecular weight is 250 g/mol. The van der Waals surface area contributed by atoms with Gasteiger partial charge in [-0.3, -0.25) is 14.6 Å². The van der Waals surface area contributed by atoms with Gasteiger partial charge in [-0.1, -0.05) is 6.07 Å². The maximum Gasteiger partial charge on any atom is 0.246 e. The summed E-state index contributed by atoms with van der Waals surface area (Å²) in [5.74, 6) is -0.533. The van der Waals surface area contributed by atoms with Crippen molar-refractivity contribution < 1.29 is 14.3 Å². The Hall–Kier alpha value is -1.75. The third-order valence-electron chi connectivity index (χ3n) is 2.03. The van der Waals surface area contributed by atoms with Crippen LogP contribution in [0, 0.1) is 0 Å². The molecular weight excluding hydrogens is 232 g/mol.